The lowest BCUT2D eigenvalue weighted by molar-refractivity contribution is -0.229. The smallest absolute Gasteiger partial charge is 0.243 e. The standard InChI is InChI=1S/C18H26N2O2.ClH/c1-17(2)15-14(10-7-11-22-15)18(17,19)16(21)20(3)12-13-8-5-4-6-9-13;/h4-6,8-9,14-15H,7,10-12,19H2,1-3H3;1H. The Balaban J connectivity index is 0.00000192. The Morgan fingerprint density at radius 1 is 1.35 bits per heavy atom. The molecule has 3 rings (SSSR count). The van der Waals surface area contributed by atoms with Gasteiger partial charge in [0.05, 0.1) is 6.10 Å². The molecule has 1 amide bonds. The van der Waals surface area contributed by atoms with Crippen LogP contribution < -0.4 is 5.73 Å². The lowest BCUT2D eigenvalue weighted by Crippen LogP contribution is -2.82. The third kappa shape index (κ3) is 2.67. The summed E-state index contributed by atoms with van der Waals surface area (Å²) in [7, 11) is 1.84. The number of nitrogens with zero attached hydrogens (tertiary/aromatic N) is 1. The van der Waals surface area contributed by atoms with Gasteiger partial charge in [0, 0.05) is 31.5 Å². The molecule has 4 nitrogen and oxygen atoms in total. The number of carbonyl (C=O) groups is 1. The number of carbonyl (C=O) groups excluding carboxylic acids is 1. The van der Waals surface area contributed by atoms with Crippen LogP contribution in [0.3, 0.4) is 0 Å². The Morgan fingerprint density at radius 2 is 2.00 bits per heavy atom. The molecule has 5 heteroatoms. The molecule has 2 aliphatic rings. The summed E-state index contributed by atoms with van der Waals surface area (Å²) < 4.78 is 5.89. The number of amides is 1. The first-order chi connectivity index (χ1) is 10.4. The van der Waals surface area contributed by atoms with E-state index >= 15 is 0 Å². The molecule has 1 aromatic carbocycles. The zero-order valence-electron chi connectivity index (χ0n) is 14.1. The van der Waals surface area contributed by atoms with Crippen molar-refractivity contribution in [1.82, 2.24) is 4.90 Å². The number of ether oxygens (including phenoxy) is 1. The number of hydrogen-bond acceptors (Lipinski definition) is 3. The van der Waals surface area contributed by atoms with Crippen molar-refractivity contribution in [3.05, 3.63) is 35.9 Å². The maximum atomic E-state index is 13.1. The van der Waals surface area contributed by atoms with Crippen molar-refractivity contribution in [2.75, 3.05) is 13.7 Å². The highest BCUT2D eigenvalue weighted by atomic mass is 35.5. The summed E-state index contributed by atoms with van der Waals surface area (Å²) in [4.78, 5) is 14.8. The maximum absolute atomic E-state index is 13.1. The Hall–Kier alpha value is -1.10. The summed E-state index contributed by atoms with van der Waals surface area (Å²) in [5.74, 6) is 0.176. The van der Waals surface area contributed by atoms with Gasteiger partial charge >= 0.3 is 0 Å². The van der Waals surface area contributed by atoms with Gasteiger partial charge in [-0.1, -0.05) is 44.2 Å². The minimum atomic E-state index is -0.818. The molecule has 0 spiro atoms. The molecule has 128 valence electrons. The molecule has 0 bridgehead atoms. The Labute approximate surface area is 144 Å². The average Bonchev–Trinajstić information content (AvgIpc) is 2.54. The normalized spacial score (nSPS) is 31.3. The largest absolute Gasteiger partial charge is 0.377 e. The first-order valence-corrected chi connectivity index (χ1v) is 8.09. The number of nitrogens with two attached hydrogens (primary N) is 1. The van der Waals surface area contributed by atoms with E-state index in [0.29, 0.717) is 6.54 Å². The molecule has 3 atom stereocenters. The molecule has 2 fully saturated rings. The van der Waals surface area contributed by atoms with Gasteiger partial charge in [-0.3, -0.25) is 4.79 Å². The third-order valence-corrected chi connectivity index (χ3v) is 5.65. The number of rotatable bonds is 3. The lowest BCUT2D eigenvalue weighted by atomic mass is 9.46. The van der Waals surface area contributed by atoms with Crippen molar-refractivity contribution in [3.63, 3.8) is 0 Å². The monoisotopic (exact) mass is 338 g/mol. The summed E-state index contributed by atoms with van der Waals surface area (Å²) in [6.07, 6.45) is 2.09. The lowest BCUT2D eigenvalue weighted by Gasteiger charge is -2.65. The van der Waals surface area contributed by atoms with Crippen LogP contribution >= 0.6 is 12.4 Å². The molecular weight excluding hydrogens is 312 g/mol. The van der Waals surface area contributed by atoms with Gasteiger partial charge in [0.2, 0.25) is 5.91 Å². The molecule has 1 saturated carbocycles. The minimum absolute atomic E-state index is 0. The van der Waals surface area contributed by atoms with Crippen molar-refractivity contribution >= 4 is 18.3 Å². The summed E-state index contributed by atoms with van der Waals surface area (Å²) >= 11 is 0. The summed E-state index contributed by atoms with van der Waals surface area (Å²) in [5, 5.41) is 0. The fourth-order valence-electron chi connectivity index (χ4n) is 4.25. The zero-order valence-corrected chi connectivity index (χ0v) is 14.9. The first-order valence-electron chi connectivity index (χ1n) is 8.09. The fourth-order valence-corrected chi connectivity index (χ4v) is 4.25. The number of hydrogen-bond donors (Lipinski definition) is 1. The summed E-state index contributed by atoms with van der Waals surface area (Å²) in [6, 6.07) is 10.0. The molecule has 0 radical (unpaired) electrons. The molecule has 1 aliphatic carbocycles. The molecular formula is C18H27ClN2O2. The van der Waals surface area contributed by atoms with Crippen molar-refractivity contribution in [1.29, 1.82) is 0 Å². The van der Waals surface area contributed by atoms with Gasteiger partial charge in [-0.05, 0) is 18.4 Å². The average molecular weight is 339 g/mol. The van der Waals surface area contributed by atoms with Crippen LogP contribution in [0.1, 0.15) is 32.3 Å². The highest BCUT2D eigenvalue weighted by Crippen LogP contribution is 2.57. The first kappa shape index (κ1) is 18.2. The van der Waals surface area contributed by atoms with Crippen LogP contribution in [-0.2, 0) is 16.1 Å². The second-order valence-electron chi connectivity index (χ2n) is 7.28. The van der Waals surface area contributed by atoms with Crippen molar-refractivity contribution < 1.29 is 9.53 Å². The molecule has 23 heavy (non-hydrogen) atoms. The second kappa shape index (κ2) is 6.42. The van der Waals surface area contributed by atoms with E-state index in [2.05, 4.69) is 13.8 Å². The molecule has 2 N–H and O–H groups in total. The van der Waals surface area contributed by atoms with Crippen LogP contribution in [0.4, 0.5) is 0 Å². The van der Waals surface area contributed by atoms with E-state index in [-0.39, 0.29) is 35.8 Å². The van der Waals surface area contributed by atoms with Gasteiger partial charge in [0.25, 0.3) is 0 Å². The predicted octanol–water partition coefficient (Wildman–Crippen LogP) is 2.60. The molecule has 1 heterocycles. The number of likely N-dealkylation sites (N-methyl/N-ethyl adjacent to an activating group) is 1. The van der Waals surface area contributed by atoms with Gasteiger partial charge in [0.1, 0.15) is 5.54 Å². The van der Waals surface area contributed by atoms with Crippen LogP contribution in [0.2, 0.25) is 0 Å². The van der Waals surface area contributed by atoms with E-state index in [9.17, 15) is 4.79 Å². The van der Waals surface area contributed by atoms with Crippen LogP contribution in [0.15, 0.2) is 30.3 Å². The SMILES string of the molecule is CN(Cc1ccccc1)C(=O)C1(N)C2CCCOC2C1(C)C.Cl. The van der Waals surface area contributed by atoms with Crippen LogP contribution in [0, 0.1) is 11.3 Å². The van der Waals surface area contributed by atoms with Gasteiger partial charge in [-0.15, -0.1) is 12.4 Å². The highest BCUT2D eigenvalue weighted by Gasteiger charge is 2.70. The maximum Gasteiger partial charge on any atom is 0.243 e. The van der Waals surface area contributed by atoms with Gasteiger partial charge in [-0.25, -0.2) is 0 Å². The van der Waals surface area contributed by atoms with Crippen molar-refractivity contribution in [2.24, 2.45) is 17.1 Å². The Kier molecular flexibility index (Phi) is 5.09. The quantitative estimate of drug-likeness (QED) is 0.921. The molecule has 1 aliphatic heterocycles. The van der Waals surface area contributed by atoms with Gasteiger partial charge < -0.3 is 15.4 Å². The van der Waals surface area contributed by atoms with E-state index in [4.69, 9.17) is 10.5 Å². The number of halogens is 1. The summed E-state index contributed by atoms with van der Waals surface area (Å²) in [6.45, 7) is 5.50. The zero-order chi connectivity index (χ0) is 16.0. The van der Waals surface area contributed by atoms with Gasteiger partial charge in [-0.2, -0.15) is 0 Å². The molecule has 1 aromatic rings. The van der Waals surface area contributed by atoms with E-state index in [1.807, 2.05) is 37.4 Å². The van der Waals surface area contributed by atoms with Crippen LogP contribution in [0.5, 0.6) is 0 Å². The van der Waals surface area contributed by atoms with Crippen molar-refractivity contribution in [3.8, 4) is 0 Å². The Morgan fingerprint density at radius 3 is 2.65 bits per heavy atom. The fraction of sp³-hybridized carbons (Fsp3) is 0.611. The second-order valence-corrected chi connectivity index (χ2v) is 7.28. The van der Waals surface area contributed by atoms with Crippen molar-refractivity contribution in [2.45, 2.75) is 44.9 Å². The predicted molar refractivity (Wildman–Crippen MR) is 93.3 cm³/mol. The number of benzene rings is 1. The molecule has 3 unspecified atom stereocenters. The minimum Gasteiger partial charge on any atom is -0.377 e. The van der Waals surface area contributed by atoms with Crippen LogP contribution in [0.25, 0.3) is 0 Å². The third-order valence-electron chi connectivity index (χ3n) is 5.65. The number of fused-ring (bicyclic) bond motifs is 1. The Bertz CT molecular complexity index is 563. The van der Waals surface area contributed by atoms with E-state index < -0.39 is 5.54 Å². The van der Waals surface area contributed by atoms with Crippen LogP contribution in [-0.4, -0.2) is 36.1 Å². The van der Waals surface area contributed by atoms with E-state index in [1.54, 1.807) is 4.90 Å². The van der Waals surface area contributed by atoms with Gasteiger partial charge in [0.15, 0.2) is 0 Å². The highest BCUT2D eigenvalue weighted by molar-refractivity contribution is 5.89. The topological polar surface area (TPSA) is 55.6 Å². The molecule has 1 saturated heterocycles. The van der Waals surface area contributed by atoms with E-state index in [1.165, 1.54) is 0 Å². The summed E-state index contributed by atoms with van der Waals surface area (Å²) in [5.41, 5.74) is 6.65. The van der Waals surface area contributed by atoms with E-state index in [0.717, 1.165) is 25.0 Å². The molecule has 0 aromatic heterocycles.